The lowest BCUT2D eigenvalue weighted by Crippen LogP contribution is -2.35. The molecule has 0 aliphatic carbocycles. The van der Waals surface area contributed by atoms with Crippen molar-refractivity contribution >= 4 is 10.0 Å². The van der Waals surface area contributed by atoms with Gasteiger partial charge in [0.05, 0.1) is 23.1 Å². The number of nitriles is 1. The zero-order valence-electron chi connectivity index (χ0n) is 11.7. The van der Waals surface area contributed by atoms with E-state index >= 15 is 0 Å². The maximum absolute atomic E-state index is 12.5. The predicted octanol–water partition coefficient (Wildman–Crippen LogP) is 1.77. The number of nitrogens with zero attached hydrogens (tertiary/aromatic N) is 2. The third-order valence-corrected chi connectivity index (χ3v) is 4.47. The maximum atomic E-state index is 12.5. The molecule has 0 amide bonds. The second-order valence-corrected chi connectivity index (χ2v) is 6.36. The lowest BCUT2D eigenvalue weighted by molar-refractivity contribution is 0.181. The summed E-state index contributed by atoms with van der Waals surface area (Å²) in [5.41, 5.74) is 1.17. The standard InChI is InChI=1S/C14H18N2O3S/c1-12(2)11-16(8-9-19-3)20(17,18)14-6-4-13(10-15)5-7-14/h4-7H,1,8-9,11H2,2-3H3. The largest absolute Gasteiger partial charge is 0.383 e. The van der Waals surface area contributed by atoms with E-state index in [9.17, 15) is 8.42 Å². The van der Waals surface area contributed by atoms with Gasteiger partial charge in [-0.25, -0.2) is 8.42 Å². The smallest absolute Gasteiger partial charge is 0.243 e. The van der Waals surface area contributed by atoms with Crippen LogP contribution in [0.2, 0.25) is 0 Å². The van der Waals surface area contributed by atoms with Crippen LogP contribution in [0, 0.1) is 11.3 Å². The fraction of sp³-hybridized carbons (Fsp3) is 0.357. The molecule has 108 valence electrons. The van der Waals surface area contributed by atoms with Crippen LogP contribution in [-0.4, -0.2) is 39.5 Å². The van der Waals surface area contributed by atoms with Crippen molar-refractivity contribution in [1.29, 1.82) is 5.26 Å². The average Bonchev–Trinajstić information content (AvgIpc) is 2.43. The first kappa shape index (κ1) is 16.4. The maximum Gasteiger partial charge on any atom is 0.243 e. The van der Waals surface area contributed by atoms with Gasteiger partial charge in [-0.15, -0.1) is 0 Å². The number of sulfonamides is 1. The number of ether oxygens (including phenoxy) is 1. The van der Waals surface area contributed by atoms with Crippen LogP contribution in [0.3, 0.4) is 0 Å². The molecular weight excluding hydrogens is 276 g/mol. The summed E-state index contributed by atoms with van der Waals surface area (Å²) >= 11 is 0. The van der Waals surface area contributed by atoms with E-state index in [1.165, 1.54) is 35.7 Å². The summed E-state index contributed by atoms with van der Waals surface area (Å²) in [5.74, 6) is 0. The highest BCUT2D eigenvalue weighted by atomic mass is 32.2. The van der Waals surface area contributed by atoms with Gasteiger partial charge in [-0.3, -0.25) is 0 Å². The van der Waals surface area contributed by atoms with E-state index in [1.54, 1.807) is 6.92 Å². The Hall–Kier alpha value is -1.68. The summed E-state index contributed by atoms with van der Waals surface area (Å²) in [7, 11) is -2.09. The van der Waals surface area contributed by atoms with Gasteiger partial charge in [0, 0.05) is 20.2 Å². The minimum absolute atomic E-state index is 0.161. The lowest BCUT2D eigenvalue weighted by Gasteiger charge is -2.22. The first-order chi connectivity index (χ1) is 9.41. The van der Waals surface area contributed by atoms with Crippen LogP contribution in [-0.2, 0) is 14.8 Å². The zero-order chi connectivity index (χ0) is 15.2. The Morgan fingerprint density at radius 1 is 1.40 bits per heavy atom. The molecule has 1 aromatic carbocycles. The van der Waals surface area contributed by atoms with Crippen LogP contribution in [0.5, 0.6) is 0 Å². The SMILES string of the molecule is C=C(C)CN(CCOC)S(=O)(=O)c1ccc(C#N)cc1. The summed E-state index contributed by atoms with van der Waals surface area (Å²) in [4.78, 5) is 0.161. The van der Waals surface area contributed by atoms with E-state index in [0.717, 1.165) is 5.57 Å². The molecule has 0 N–H and O–H groups in total. The highest BCUT2D eigenvalue weighted by molar-refractivity contribution is 7.89. The Balaban J connectivity index is 3.07. The molecule has 1 rings (SSSR count). The molecule has 0 saturated heterocycles. The van der Waals surface area contributed by atoms with Crippen LogP contribution in [0.4, 0.5) is 0 Å². The van der Waals surface area contributed by atoms with Crippen molar-refractivity contribution in [3.05, 3.63) is 42.0 Å². The van der Waals surface area contributed by atoms with E-state index in [0.29, 0.717) is 12.2 Å². The van der Waals surface area contributed by atoms with Gasteiger partial charge in [0.25, 0.3) is 0 Å². The van der Waals surface area contributed by atoms with Gasteiger partial charge < -0.3 is 4.74 Å². The van der Waals surface area contributed by atoms with Crippen LogP contribution < -0.4 is 0 Å². The molecule has 0 fully saturated rings. The monoisotopic (exact) mass is 294 g/mol. The van der Waals surface area contributed by atoms with Crippen molar-refractivity contribution in [2.75, 3.05) is 26.8 Å². The molecule has 0 aliphatic rings. The number of methoxy groups -OCH3 is 1. The number of hydrogen-bond acceptors (Lipinski definition) is 4. The molecule has 0 atom stereocenters. The summed E-state index contributed by atoms with van der Waals surface area (Å²) in [6.07, 6.45) is 0. The highest BCUT2D eigenvalue weighted by Gasteiger charge is 2.24. The first-order valence-corrected chi connectivity index (χ1v) is 7.49. The van der Waals surface area contributed by atoms with Crippen molar-refractivity contribution in [2.45, 2.75) is 11.8 Å². The van der Waals surface area contributed by atoms with Crippen molar-refractivity contribution in [3.63, 3.8) is 0 Å². The van der Waals surface area contributed by atoms with Crippen LogP contribution >= 0.6 is 0 Å². The molecule has 20 heavy (non-hydrogen) atoms. The molecule has 0 radical (unpaired) electrons. The molecule has 0 spiro atoms. The molecule has 6 heteroatoms. The van der Waals surface area contributed by atoms with Gasteiger partial charge in [0.1, 0.15) is 0 Å². The fourth-order valence-electron chi connectivity index (χ4n) is 1.63. The topological polar surface area (TPSA) is 70.4 Å². The second-order valence-electron chi connectivity index (χ2n) is 4.42. The summed E-state index contributed by atoms with van der Waals surface area (Å²) in [6, 6.07) is 7.81. The van der Waals surface area contributed by atoms with E-state index in [4.69, 9.17) is 10.00 Å². The number of benzene rings is 1. The van der Waals surface area contributed by atoms with Crippen molar-refractivity contribution < 1.29 is 13.2 Å². The van der Waals surface area contributed by atoms with Crippen LogP contribution in [0.1, 0.15) is 12.5 Å². The Kier molecular flexibility index (Phi) is 5.89. The normalized spacial score (nSPS) is 11.3. The van der Waals surface area contributed by atoms with Gasteiger partial charge in [-0.05, 0) is 31.2 Å². The Morgan fingerprint density at radius 3 is 2.45 bits per heavy atom. The second kappa shape index (κ2) is 7.20. The molecule has 0 bridgehead atoms. The van der Waals surface area contributed by atoms with E-state index in [2.05, 4.69) is 6.58 Å². The van der Waals surface area contributed by atoms with Crippen molar-refractivity contribution in [3.8, 4) is 6.07 Å². The minimum Gasteiger partial charge on any atom is -0.383 e. The number of hydrogen-bond donors (Lipinski definition) is 0. The molecule has 0 saturated carbocycles. The van der Waals surface area contributed by atoms with Gasteiger partial charge >= 0.3 is 0 Å². The number of rotatable bonds is 7. The highest BCUT2D eigenvalue weighted by Crippen LogP contribution is 2.17. The zero-order valence-corrected chi connectivity index (χ0v) is 12.5. The van der Waals surface area contributed by atoms with Crippen LogP contribution in [0.15, 0.2) is 41.3 Å². The van der Waals surface area contributed by atoms with Gasteiger partial charge in [-0.2, -0.15) is 9.57 Å². The first-order valence-electron chi connectivity index (χ1n) is 6.05. The summed E-state index contributed by atoms with van der Waals surface area (Å²) in [5, 5.41) is 8.74. The van der Waals surface area contributed by atoms with Crippen molar-refractivity contribution in [2.24, 2.45) is 0 Å². The van der Waals surface area contributed by atoms with E-state index < -0.39 is 10.0 Å². The van der Waals surface area contributed by atoms with Gasteiger partial charge in [0.2, 0.25) is 10.0 Å². The Morgan fingerprint density at radius 2 is 2.00 bits per heavy atom. The van der Waals surface area contributed by atoms with Crippen LogP contribution in [0.25, 0.3) is 0 Å². The quantitative estimate of drug-likeness (QED) is 0.719. The molecule has 0 aliphatic heterocycles. The van der Waals surface area contributed by atoms with E-state index in [1.807, 2.05) is 6.07 Å². The minimum atomic E-state index is -3.61. The molecule has 0 unspecified atom stereocenters. The molecule has 1 aromatic rings. The van der Waals surface area contributed by atoms with E-state index in [-0.39, 0.29) is 18.0 Å². The summed E-state index contributed by atoms with van der Waals surface area (Å²) < 4.78 is 31.3. The molecule has 0 heterocycles. The molecular formula is C14H18N2O3S. The Bertz CT molecular complexity index is 600. The Labute approximate surface area is 120 Å². The lowest BCUT2D eigenvalue weighted by atomic mass is 10.2. The third-order valence-electron chi connectivity index (χ3n) is 2.61. The molecule has 0 aromatic heterocycles. The average molecular weight is 294 g/mol. The van der Waals surface area contributed by atoms with Gasteiger partial charge in [0.15, 0.2) is 0 Å². The third kappa shape index (κ3) is 4.17. The van der Waals surface area contributed by atoms with Gasteiger partial charge in [-0.1, -0.05) is 12.2 Å². The molecule has 5 nitrogen and oxygen atoms in total. The fourth-order valence-corrected chi connectivity index (χ4v) is 3.11. The van der Waals surface area contributed by atoms with Crippen molar-refractivity contribution in [1.82, 2.24) is 4.31 Å². The summed E-state index contributed by atoms with van der Waals surface area (Å²) in [6.45, 7) is 6.33. The predicted molar refractivity (Wildman–Crippen MR) is 76.6 cm³/mol.